The van der Waals surface area contributed by atoms with E-state index in [0.717, 1.165) is 15.8 Å². The third kappa shape index (κ3) is 5.23. The van der Waals surface area contributed by atoms with Crippen LogP contribution >= 0.6 is 15.9 Å². The molecule has 1 heterocycles. The van der Waals surface area contributed by atoms with Crippen LogP contribution in [0.15, 0.2) is 41.0 Å². The zero-order chi connectivity index (χ0) is 17.7. The summed E-state index contributed by atoms with van der Waals surface area (Å²) in [6.07, 6.45) is 1.61. The molecular formula is C18H22BrN3O2. The number of nitrogens with zero attached hydrogens (tertiary/aromatic N) is 1. The number of anilines is 1. The summed E-state index contributed by atoms with van der Waals surface area (Å²) < 4.78 is 6.59. The van der Waals surface area contributed by atoms with Gasteiger partial charge in [-0.3, -0.25) is 5.32 Å². The van der Waals surface area contributed by atoms with Gasteiger partial charge < -0.3 is 10.1 Å². The molecule has 2 aromatic rings. The minimum absolute atomic E-state index is 0.0378. The third-order valence-electron chi connectivity index (χ3n) is 3.37. The molecular weight excluding hydrogens is 370 g/mol. The first-order chi connectivity index (χ1) is 11.3. The van der Waals surface area contributed by atoms with E-state index in [2.05, 4.69) is 65.3 Å². The molecule has 0 aliphatic heterocycles. The summed E-state index contributed by atoms with van der Waals surface area (Å²) in [5.74, 6) is 1.24. The molecule has 0 saturated carbocycles. The predicted octanol–water partition coefficient (Wildman–Crippen LogP) is 4.61. The number of nitrogens with one attached hydrogen (secondary N) is 2. The maximum Gasteiger partial charge on any atom is 0.323 e. The monoisotopic (exact) mass is 391 g/mol. The molecule has 6 heteroatoms. The average Bonchev–Trinajstić information content (AvgIpc) is 2.47. The van der Waals surface area contributed by atoms with Gasteiger partial charge in [-0.05, 0) is 36.1 Å². The zero-order valence-electron chi connectivity index (χ0n) is 14.3. The standard InChI is InChI=1S/C18H22BrN3O2/c1-12-5-6-15(14(9-12)18(2,3)4)24-11-21-17(23)22-16-10-13(19)7-8-20-16/h5-10H,11H2,1-4H3,(H2,20,21,22,23). The Bertz CT molecular complexity index is 726. The Balaban J connectivity index is 1.93. The van der Waals surface area contributed by atoms with Crippen LogP contribution in [0.1, 0.15) is 31.9 Å². The number of carbonyl (C=O) groups excluding carboxylic acids is 1. The Hall–Kier alpha value is -2.08. The quantitative estimate of drug-likeness (QED) is 0.747. The van der Waals surface area contributed by atoms with Crippen molar-refractivity contribution < 1.29 is 9.53 Å². The predicted molar refractivity (Wildman–Crippen MR) is 99.5 cm³/mol. The molecule has 128 valence electrons. The molecule has 0 bridgehead atoms. The number of hydrogen-bond acceptors (Lipinski definition) is 3. The van der Waals surface area contributed by atoms with Crippen LogP contribution in [-0.2, 0) is 5.41 Å². The van der Waals surface area contributed by atoms with E-state index >= 15 is 0 Å². The van der Waals surface area contributed by atoms with Crippen LogP contribution in [0.3, 0.4) is 0 Å². The molecule has 0 spiro atoms. The van der Waals surface area contributed by atoms with Crippen LogP contribution in [0.2, 0.25) is 0 Å². The second-order valence-electron chi connectivity index (χ2n) is 6.53. The molecule has 5 nitrogen and oxygen atoms in total. The van der Waals surface area contributed by atoms with Crippen LogP contribution in [0.4, 0.5) is 10.6 Å². The van der Waals surface area contributed by atoms with Crippen molar-refractivity contribution in [1.29, 1.82) is 0 Å². The Kier molecular flexibility index (Phi) is 5.83. The highest BCUT2D eigenvalue weighted by molar-refractivity contribution is 9.10. The normalized spacial score (nSPS) is 11.0. The fourth-order valence-corrected chi connectivity index (χ4v) is 2.50. The van der Waals surface area contributed by atoms with Crippen molar-refractivity contribution in [2.45, 2.75) is 33.1 Å². The molecule has 0 unspecified atom stereocenters. The fourth-order valence-electron chi connectivity index (χ4n) is 2.17. The number of pyridine rings is 1. The highest BCUT2D eigenvalue weighted by Crippen LogP contribution is 2.31. The van der Waals surface area contributed by atoms with Crippen molar-refractivity contribution in [3.8, 4) is 5.75 Å². The maximum atomic E-state index is 11.9. The van der Waals surface area contributed by atoms with E-state index in [1.165, 1.54) is 5.56 Å². The summed E-state index contributed by atoms with van der Waals surface area (Å²) in [7, 11) is 0. The minimum Gasteiger partial charge on any atom is -0.473 e. The van der Waals surface area contributed by atoms with Crippen LogP contribution < -0.4 is 15.4 Å². The summed E-state index contributed by atoms with van der Waals surface area (Å²) in [5.41, 5.74) is 2.25. The van der Waals surface area contributed by atoms with Crippen LogP contribution in [0.25, 0.3) is 0 Å². The highest BCUT2D eigenvalue weighted by atomic mass is 79.9. The van der Waals surface area contributed by atoms with Crippen molar-refractivity contribution in [3.63, 3.8) is 0 Å². The van der Waals surface area contributed by atoms with Gasteiger partial charge in [-0.2, -0.15) is 0 Å². The van der Waals surface area contributed by atoms with E-state index in [1.54, 1.807) is 18.3 Å². The van der Waals surface area contributed by atoms with Crippen LogP contribution in [0.5, 0.6) is 5.75 Å². The van der Waals surface area contributed by atoms with Crippen LogP contribution in [0, 0.1) is 6.92 Å². The summed E-state index contributed by atoms with van der Waals surface area (Å²) in [6.45, 7) is 8.52. The molecule has 2 rings (SSSR count). The second-order valence-corrected chi connectivity index (χ2v) is 7.44. The first kappa shape index (κ1) is 18.3. The summed E-state index contributed by atoms with van der Waals surface area (Å²) in [6, 6.07) is 9.18. The van der Waals surface area contributed by atoms with Gasteiger partial charge in [0.1, 0.15) is 11.6 Å². The Morgan fingerprint density at radius 1 is 1.25 bits per heavy atom. The smallest absolute Gasteiger partial charge is 0.323 e. The number of amides is 2. The van der Waals surface area contributed by atoms with E-state index < -0.39 is 0 Å². The Morgan fingerprint density at radius 2 is 2.00 bits per heavy atom. The molecule has 0 fully saturated rings. The van der Waals surface area contributed by atoms with Crippen molar-refractivity contribution in [1.82, 2.24) is 10.3 Å². The lowest BCUT2D eigenvalue weighted by Gasteiger charge is -2.23. The second kappa shape index (κ2) is 7.66. The number of urea groups is 1. The SMILES string of the molecule is Cc1ccc(OCNC(=O)Nc2cc(Br)ccn2)c(C(C)(C)C)c1. The van der Waals surface area contributed by atoms with E-state index in [9.17, 15) is 4.79 Å². The summed E-state index contributed by atoms with van der Waals surface area (Å²) >= 11 is 3.33. The lowest BCUT2D eigenvalue weighted by molar-refractivity contribution is 0.233. The van der Waals surface area contributed by atoms with Gasteiger partial charge >= 0.3 is 6.03 Å². The van der Waals surface area contributed by atoms with Crippen LogP contribution in [-0.4, -0.2) is 17.7 Å². The fraction of sp³-hybridized carbons (Fsp3) is 0.333. The number of carbonyl (C=O) groups is 1. The number of halogens is 1. The van der Waals surface area contributed by atoms with Crippen molar-refractivity contribution in [2.75, 3.05) is 12.0 Å². The number of ether oxygens (including phenoxy) is 1. The van der Waals surface area contributed by atoms with Gasteiger partial charge in [0, 0.05) is 10.7 Å². The van der Waals surface area contributed by atoms with E-state index in [1.807, 2.05) is 12.1 Å². The van der Waals surface area contributed by atoms with E-state index in [4.69, 9.17) is 4.74 Å². The molecule has 1 aromatic heterocycles. The number of aryl methyl sites for hydroxylation is 1. The van der Waals surface area contributed by atoms with Crippen molar-refractivity contribution >= 4 is 27.8 Å². The maximum absolute atomic E-state index is 11.9. The highest BCUT2D eigenvalue weighted by Gasteiger charge is 2.19. The van der Waals surface area contributed by atoms with Gasteiger partial charge in [0.15, 0.2) is 6.73 Å². The largest absolute Gasteiger partial charge is 0.473 e. The number of benzene rings is 1. The summed E-state index contributed by atoms with van der Waals surface area (Å²) in [4.78, 5) is 16.0. The van der Waals surface area contributed by atoms with Gasteiger partial charge in [0.05, 0.1) is 0 Å². The van der Waals surface area contributed by atoms with Gasteiger partial charge in [-0.25, -0.2) is 9.78 Å². The number of aromatic nitrogens is 1. The van der Waals surface area contributed by atoms with Crippen molar-refractivity contribution in [3.05, 3.63) is 52.1 Å². The lowest BCUT2D eigenvalue weighted by atomic mass is 9.85. The van der Waals surface area contributed by atoms with Gasteiger partial charge in [-0.15, -0.1) is 0 Å². The van der Waals surface area contributed by atoms with Gasteiger partial charge in [-0.1, -0.05) is 54.4 Å². The number of hydrogen-bond donors (Lipinski definition) is 2. The molecule has 2 amide bonds. The van der Waals surface area contributed by atoms with Gasteiger partial charge in [0.2, 0.25) is 0 Å². The average molecular weight is 392 g/mol. The van der Waals surface area contributed by atoms with Gasteiger partial charge in [0.25, 0.3) is 0 Å². The van der Waals surface area contributed by atoms with E-state index in [-0.39, 0.29) is 18.2 Å². The molecule has 0 saturated heterocycles. The number of rotatable bonds is 4. The Morgan fingerprint density at radius 3 is 2.67 bits per heavy atom. The third-order valence-corrected chi connectivity index (χ3v) is 3.86. The van der Waals surface area contributed by atoms with Crippen molar-refractivity contribution in [2.24, 2.45) is 0 Å². The topological polar surface area (TPSA) is 63.2 Å². The molecule has 0 atom stereocenters. The molecule has 2 N–H and O–H groups in total. The minimum atomic E-state index is -0.370. The zero-order valence-corrected chi connectivity index (χ0v) is 15.9. The molecule has 1 aromatic carbocycles. The summed E-state index contributed by atoms with van der Waals surface area (Å²) in [5, 5.41) is 5.32. The van der Waals surface area contributed by atoms with E-state index in [0.29, 0.717) is 5.82 Å². The lowest BCUT2D eigenvalue weighted by Crippen LogP contribution is -2.32. The molecule has 24 heavy (non-hydrogen) atoms. The molecule has 0 radical (unpaired) electrons. The first-order valence-corrected chi connectivity index (χ1v) is 8.45. The first-order valence-electron chi connectivity index (χ1n) is 7.66. The Labute approximate surface area is 151 Å². The molecule has 0 aliphatic rings. The molecule has 0 aliphatic carbocycles.